The zero-order valence-corrected chi connectivity index (χ0v) is 14.7. The Hall–Kier alpha value is -2.31. The van der Waals surface area contributed by atoms with E-state index in [1.165, 1.54) is 12.1 Å². The Balaban J connectivity index is 1.74. The van der Waals surface area contributed by atoms with Crippen LogP contribution in [0.2, 0.25) is 0 Å². The molecular formula is C19H19FN2O2S. The second kappa shape index (κ2) is 8.18. The van der Waals surface area contributed by atoms with E-state index in [1.54, 1.807) is 31.0 Å². The van der Waals surface area contributed by atoms with Crippen LogP contribution in [0.1, 0.15) is 16.8 Å². The van der Waals surface area contributed by atoms with E-state index in [4.69, 9.17) is 4.74 Å². The van der Waals surface area contributed by atoms with Crippen molar-refractivity contribution in [3.05, 3.63) is 77.4 Å². The quantitative estimate of drug-likeness (QED) is 0.652. The standard InChI is InChI=1S/C19H19FN2O2S/c1-24-18-8-4-14(5-9-18)10-22-11-17(12-23)21-19(22)25-13-15-2-6-16(20)7-3-15/h2-9,11,23H,10,12-13H2,1H3. The summed E-state index contributed by atoms with van der Waals surface area (Å²) in [6, 6.07) is 14.3. The Labute approximate surface area is 150 Å². The van der Waals surface area contributed by atoms with Gasteiger partial charge in [0.1, 0.15) is 11.6 Å². The van der Waals surface area contributed by atoms with Gasteiger partial charge in [0.15, 0.2) is 5.16 Å². The van der Waals surface area contributed by atoms with Crippen molar-refractivity contribution in [3.8, 4) is 5.75 Å². The van der Waals surface area contributed by atoms with E-state index in [0.29, 0.717) is 18.0 Å². The Morgan fingerprint density at radius 3 is 2.40 bits per heavy atom. The summed E-state index contributed by atoms with van der Waals surface area (Å²) in [5.74, 6) is 1.26. The number of nitrogens with zero attached hydrogens (tertiary/aromatic N) is 2. The lowest BCUT2D eigenvalue weighted by Crippen LogP contribution is -2.00. The maximum atomic E-state index is 13.0. The van der Waals surface area contributed by atoms with Gasteiger partial charge in [0.2, 0.25) is 0 Å². The molecule has 0 bridgehead atoms. The van der Waals surface area contributed by atoms with Gasteiger partial charge in [-0.25, -0.2) is 9.37 Å². The van der Waals surface area contributed by atoms with E-state index in [1.807, 2.05) is 35.0 Å². The van der Waals surface area contributed by atoms with Gasteiger partial charge in [-0.3, -0.25) is 0 Å². The number of methoxy groups -OCH3 is 1. The molecule has 0 aliphatic rings. The number of halogens is 1. The molecule has 2 aromatic carbocycles. The van der Waals surface area contributed by atoms with Crippen molar-refractivity contribution in [3.63, 3.8) is 0 Å². The summed E-state index contributed by atoms with van der Waals surface area (Å²) in [6.45, 7) is 0.558. The molecular weight excluding hydrogens is 339 g/mol. The van der Waals surface area contributed by atoms with Gasteiger partial charge in [-0.05, 0) is 35.4 Å². The number of benzene rings is 2. The third kappa shape index (κ3) is 4.61. The summed E-state index contributed by atoms with van der Waals surface area (Å²) in [7, 11) is 1.64. The molecule has 0 atom stereocenters. The molecule has 3 rings (SSSR count). The van der Waals surface area contributed by atoms with E-state index < -0.39 is 0 Å². The smallest absolute Gasteiger partial charge is 0.168 e. The average molecular weight is 358 g/mol. The highest BCUT2D eigenvalue weighted by Gasteiger charge is 2.09. The van der Waals surface area contributed by atoms with Crippen LogP contribution in [-0.4, -0.2) is 21.8 Å². The van der Waals surface area contributed by atoms with Crippen molar-refractivity contribution in [2.75, 3.05) is 7.11 Å². The van der Waals surface area contributed by atoms with Crippen LogP contribution >= 0.6 is 11.8 Å². The van der Waals surface area contributed by atoms with Crippen LogP contribution < -0.4 is 4.74 Å². The molecule has 1 aromatic heterocycles. The minimum Gasteiger partial charge on any atom is -0.497 e. The molecule has 6 heteroatoms. The Bertz CT molecular complexity index is 816. The van der Waals surface area contributed by atoms with Gasteiger partial charge in [-0.15, -0.1) is 0 Å². The van der Waals surface area contributed by atoms with Gasteiger partial charge >= 0.3 is 0 Å². The monoisotopic (exact) mass is 358 g/mol. The van der Waals surface area contributed by atoms with Crippen LogP contribution in [0.25, 0.3) is 0 Å². The van der Waals surface area contributed by atoms with Crippen LogP contribution in [0.15, 0.2) is 59.9 Å². The third-order valence-corrected chi connectivity index (χ3v) is 4.81. The van der Waals surface area contributed by atoms with Crippen LogP contribution in [-0.2, 0) is 18.9 Å². The SMILES string of the molecule is COc1ccc(Cn2cc(CO)nc2SCc2ccc(F)cc2)cc1. The van der Waals surface area contributed by atoms with E-state index in [2.05, 4.69) is 4.98 Å². The highest BCUT2D eigenvalue weighted by molar-refractivity contribution is 7.98. The number of hydrogen-bond donors (Lipinski definition) is 1. The first-order chi connectivity index (χ1) is 12.2. The minimum atomic E-state index is -0.239. The molecule has 0 unspecified atom stereocenters. The molecule has 0 saturated carbocycles. The number of aliphatic hydroxyl groups is 1. The van der Waals surface area contributed by atoms with E-state index in [0.717, 1.165) is 22.0 Å². The molecule has 3 aromatic rings. The lowest BCUT2D eigenvalue weighted by Gasteiger charge is -2.08. The summed E-state index contributed by atoms with van der Waals surface area (Å²) < 4.78 is 20.2. The highest BCUT2D eigenvalue weighted by Crippen LogP contribution is 2.24. The fraction of sp³-hybridized carbons (Fsp3) is 0.211. The Kier molecular flexibility index (Phi) is 5.73. The number of rotatable bonds is 7. The van der Waals surface area contributed by atoms with Gasteiger partial charge < -0.3 is 14.4 Å². The molecule has 130 valence electrons. The van der Waals surface area contributed by atoms with Gasteiger partial charge in [-0.1, -0.05) is 36.0 Å². The van der Waals surface area contributed by atoms with Gasteiger partial charge in [-0.2, -0.15) is 0 Å². The lowest BCUT2D eigenvalue weighted by molar-refractivity contribution is 0.277. The summed E-state index contributed by atoms with van der Waals surface area (Å²) in [5, 5.41) is 10.2. The Morgan fingerprint density at radius 2 is 1.76 bits per heavy atom. The molecule has 1 heterocycles. The first kappa shape index (κ1) is 17.5. The molecule has 4 nitrogen and oxygen atoms in total. The molecule has 0 spiro atoms. The number of imidazole rings is 1. The van der Waals surface area contributed by atoms with Crippen molar-refractivity contribution in [2.45, 2.75) is 24.1 Å². The predicted octanol–water partition coefficient (Wildman–Crippen LogP) is 3.86. The predicted molar refractivity (Wildman–Crippen MR) is 96.2 cm³/mol. The molecule has 0 amide bonds. The fourth-order valence-electron chi connectivity index (χ4n) is 2.41. The molecule has 25 heavy (non-hydrogen) atoms. The molecule has 1 N–H and O–H groups in total. The number of aromatic nitrogens is 2. The summed E-state index contributed by atoms with van der Waals surface area (Å²) >= 11 is 1.56. The van der Waals surface area contributed by atoms with Crippen molar-refractivity contribution < 1.29 is 14.2 Å². The number of aliphatic hydroxyl groups excluding tert-OH is 1. The van der Waals surface area contributed by atoms with Crippen LogP contribution in [0.3, 0.4) is 0 Å². The molecule has 0 aliphatic carbocycles. The minimum absolute atomic E-state index is 0.0975. The van der Waals surface area contributed by atoms with Gasteiger partial charge in [0.05, 0.1) is 19.4 Å². The van der Waals surface area contributed by atoms with Crippen molar-refractivity contribution >= 4 is 11.8 Å². The second-order valence-corrected chi connectivity index (χ2v) is 6.51. The number of hydrogen-bond acceptors (Lipinski definition) is 4. The maximum absolute atomic E-state index is 13.0. The molecule has 0 fully saturated rings. The zero-order chi connectivity index (χ0) is 17.6. The molecule has 0 saturated heterocycles. The van der Waals surface area contributed by atoms with Crippen molar-refractivity contribution in [2.24, 2.45) is 0 Å². The Morgan fingerprint density at radius 1 is 1.08 bits per heavy atom. The normalized spacial score (nSPS) is 10.8. The summed E-state index contributed by atoms with van der Waals surface area (Å²) in [5.41, 5.74) is 2.78. The average Bonchev–Trinajstić information content (AvgIpc) is 3.04. The molecule has 0 radical (unpaired) electrons. The summed E-state index contributed by atoms with van der Waals surface area (Å²) in [4.78, 5) is 4.47. The zero-order valence-electron chi connectivity index (χ0n) is 13.9. The topological polar surface area (TPSA) is 47.3 Å². The van der Waals surface area contributed by atoms with Gasteiger partial charge in [0, 0.05) is 18.5 Å². The maximum Gasteiger partial charge on any atom is 0.168 e. The third-order valence-electron chi connectivity index (χ3n) is 3.74. The van der Waals surface area contributed by atoms with Crippen molar-refractivity contribution in [1.82, 2.24) is 9.55 Å². The molecule has 0 aliphatic heterocycles. The first-order valence-corrected chi connectivity index (χ1v) is 8.83. The first-order valence-electron chi connectivity index (χ1n) is 7.85. The highest BCUT2D eigenvalue weighted by atomic mass is 32.2. The van der Waals surface area contributed by atoms with Crippen LogP contribution in [0, 0.1) is 5.82 Å². The van der Waals surface area contributed by atoms with Crippen LogP contribution in [0.5, 0.6) is 5.75 Å². The van der Waals surface area contributed by atoms with E-state index in [-0.39, 0.29) is 12.4 Å². The largest absolute Gasteiger partial charge is 0.497 e. The number of thioether (sulfide) groups is 1. The summed E-state index contributed by atoms with van der Waals surface area (Å²) in [6.07, 6.45) is 1.86. The van der Waals surface area contributed by atoms with E-state index >= 15 is 0 Å². The number of ether oxygens (including phenoxy) is 1. The fourth-order valence-corrected chi connectivity index (χ4v) is 3.36. The van der Waals surface area contributed by atoms with Gasteiger partial charge in [0.25, 0.3) is 0 Å². The van der Waals surface area contributed by atoms with Crippen molar-refractivity contribution in [1.29, 1.82) is 0 Å². The lowest BCUT2D eigenvalue weighted by atomic mass is 10.2. The van der Waals surface area contributed by atoms with E-state index in [9.17, 15) is 9.50 Å². The van der Waals surface area contributed by atoms with Crippen LogP contribution in [0.4, 0.5) is 4.39 Å². The second-order valence-electron chi connectivity index (χ2n) is 5.56.